The van der Waals surface area contributed by atoms with E-state index in [-0.39, 0.29) is 5.41 Å². The zero-order valence-electron chi connectivity index (χ0n) is 16.3. The molecule has 2 saturated heterocycles. The molecule has 4 rings (SSSR count). The van der Waals surface area contributed by atoms with Crippen molar-refractivity contribution in [1.82, 2.24) is 14.8 Å². The zero-order chi connectivity index (χ0) is 18.1. The van der Waals surface area contributed by atoms with Crippen LogP contribution in [0.3, 0.4) is 0 Å². The molecule has 1 aliphatic carbocycles. The first-order chi connectivity index (χ1) is 12.6. The second-order valence-electron chi connectivity index (χ2n) is 8.81. The van der Waals surface area contributed by atoms with Crippen LogP contribution < -0.4 is 4.90 Å². The van der Waals surface area contributed by atoms with Crippen LogP contribution >= 0.6 is 0 Å². The summed E-state index contributed by atoms with van der Waals surface area (Å²) in [6, 6.07) is 4.24. The van der Waals surface area contributed by atoms with Gasteiger partial charge in [0.2, 0.25) is 5.91 Å². The number of anilines is 1. The van der Waals surface area contributed by atoms with Gasteiger partial charge >= 0.3 is 0 Å². The van der Waals surface area contributed by atoms with E-state index in [0.717, 1.165) is 57.3 Å². The lowest BCUT2D eigenvalue weighted by Crippen LogP contribution is -2.51. The van der Waals surface area contributed by atoms with Crippen LogP contribution in [0, 0.1) is 11.3 Å². The van der Waals surface area contributed by atoms with E-state index in [2.05, 4.69) is 26.9 Å². The number of nitrogens with zero attached hydrogens (tertiary/aromatic N) is 4. The first-order valence-electron chi connectivity index (χ1n) is 10.2. The number of carbonyl (C=O) groups is 1. The summed E-state index contributed by atoms with van der Waals surface area (Å²) in [6.07, 6.45) is 9.23. The van der Waals surface area contributed by atoms with E-state index >= 15 is 0 Å². The lowest BCUT2D eigenvalue weighted by atomic mass is 9.77. The van der Waals surface area contributed by atoms with Crippen molar-refractivity contribution in [3.8, 4) is 0 Å². The van der Waals surface area contributed by atoms with Crippen molar-refractivity contribution in [2.75, 3.05) is 45.2 Å². The third-order valence-electron chi connectivity index (χ3n) is 6.63. The van der Waals surface area contributed by atoms with Gasteiger partial charge in [-0.05, 0) is 56.2 Å². The number of piperidine rings is 1. The molecular formula is C21H32N4O. The third-order valence-corrected chi connectivity index (χ3v) is 6.63. The Balaban J connectivity index is 1.37. The molecule has 1 amide bonds. The first-order valence-corrected chi connectivity index (χ1v) is 10.2. The summed E-state index contributed by atoms with van der Waals surface area (Å²) in [7, 11) is 4.02. The molecule has 1 atom stereocenters. The molecule has 2 aliphatic heterocycles. The van der Waals surface area contributed by atoms with Crippen LogP contribution in [0.5, 0.6) is 0 Å². The van der Waals surface area contributed by atoms with Gasteiger partial charge in [0.1, 0.15) is 5.82 Å². The van der Waals surface area contributed by atoms with Crippen molar-refractivity contribution < 1.29 is 4.79 Å². The normalized spacial score (nSPS) is 27.2. The van der Waals surface area contributed by atoms with Crippen LogP contribution in [0.4, 0.5) is 5.82 Å². The number of likely N-dealkylation sites (tertiary alicyclic amines) is 2. The van der Waals surface area contributed by atoms with Gasteiger partial charge in [0.15, 0.2) is 0 Å². The second kappa shape index (κ2) is 7.18. The highest BCUT2D eigenvalue weighted by Crippen LogP contribution is 2.41. The van der Waals surface area contributed by atoms with Crippen molar-refractivity contribution in [2.45, 2.75) is 45.1 Å². The van der Waals surface area contributed by atoms with Crippen LogP contribution in [0.2, 0.25) is 0 Å². The van der Waals surface area contributed by atoms with Crippen LogP contribution in [-0.2, 0) is 11.3 Å². The average Bonchev–Trinajstić information content (AvgIpc) is 2.99. The van der Waals surface area contributed by atoms with Gasteiger partial charge in [0.05, 0.1) is 5.41 Å². The highest BCUT2D eigenvalue weighted by atomic mass is 16.2. The Hall–Kier alpha value is -1.62. The minimum Gasteiger partial charge on any atom is -0.363 e. The van der Waals surface area contributed by atoms with Gasteiger partial charge in [-0.15, -0.1) is 0 Å². The third kappa shape index (κ3) is 3.46. The minimum absolute atomic E-state index is 0.112. The van der Waals surface area contributed by atoms with Crippen molar-refractivity contribution in [1.29, 1.82) is 0 Å². The van der Waals surface area contributed by atoms with Gasteiger partial charge < -0.3 is 9.80 Å². The fraction of sp³-hybridized carbons (Fsp3) is 0.714. The fourth-order valence-corrected chi connectivity index (χ4v) is 4.82. The van der Waals surface area contributed by atoms with Crippen LogP contribution in [0.25, 0.3) is 0 Å². The number of carbonyl (C=O) groups excluding carboxylic acids is 1. The predicted octanol–water partition coefficient (Wildman–Crippen LogP) is 2.76. The van der Waals surface area contributed by atoms with Crippen molar-refractivity contribution in [2.24, 2.45) is 11.3 Å². The molecule has 0 N–H and O–H groups in total. The van der Waals surface area contributed by atoms with E-state index in [0.29, 0.717) is 5.91 Å². The summed E-state index contributed by atoms with van der Waals surface area (Å²) < 4.78 is 0. The predicted molar refractivity (Wildman–Crippen MR) is 104 cm³/mol. The molecule has 1 aromatic heterocycles. The van der Waals surface area contributed by atoms with E-state index < -0.39 is 0 Å². The summed E-state index contributed by atoms with van der Waals surface area (Å²) in [4.78, 5) is 24.4. The van der Waals surface area contributed by atoms with Gasteiger partial charge in [-0.1, -0.05) is 12.5 Å². The van der Waals surface area contributed by atoms with Crippen molar-refractivity contribution in [3.05, 3.63) is 23.9 Å². The molecule has 3 fully saturated rings. The number of aromatic nitrogens is 1. The monoisotopic (exact) mass is 356 g/mol. The molecule has 1 aromatic rings. The van der Waals surface area contributed by atoms with Crippen LogP contribution in [0.15, 0.2) is 18.3 Å². The highest BCUT2D eigenvalue weighted by Gasteiger charge is 2.48. The molecule has 1 spiro atoms. The van der Waals surface area contributed by atoms with Crippen molar-refractivity contribution >= 4 is 11.7 Å². The number of hydrogen-bond donors (Lipinski definition) is 0. The summed E-state index contributed by atoms with van der Waals surface area (Å²) in [5, 5.41) is 0. The molecule has 0 bridgehead atoms. The average molecular weight is 357 g/mol. The maximum atomic E-state index is 13.2. The Morgan fingerprint density at radius 2 is 2.04 bits per heavy atom. The molecule has 0 radical (unpaired) electrons. The largest absolute Gasteiger partial charge is 0.363 e. The van der Waals surface area contributed by atoms with Gasteiger partial charge in [-0.25, -0.2) is 4.98 Å². The molecule has 142 valence electrons. The molecule has 5 nitrogen and oxygen atoms in total. The molecule has 3 aliphatic rings. The zero-order valence-corrected chi connectivity index (χ0v) is 16.3. The van der Waals surface area contributed by atoms with Crippen LogP contribution in [-0.4, -0.2) is 61.0 Å². The molecule has 3 heterocycles. The number of pyridine rings is 1. The maximum absolute atomic E-state index is 13.2. The SMILES string of the molecule is CN(C)c1ccc(CN2CCC3(CCCN(CC4CCC4)C3=O)C2)cn1. The number of amides is 1. The Morgan fingerprint density at radius 1 is 1.19 bits per heavy atom. The molecular weight excluding hydrogens is 324 g/mol. The molecule has 1 saturated carbocycles. The lowest BCUT2D eigenvalue weighted by molar-refractivity contribution is -0.146. The van der Waals surface area contributed by atoms with E-state index in [4.69, 9.17) is 0 Å². The topological polar surface area (TPSA) is 39.7 Å². The Bertz CT molecular complexity index is 640. The van der Waals surface area contributed by atoms with Crippen LogP contribution in [0.1, 0.15) is 44.1 Å². The molecule has 5 heteroatoms. The second-order valence-corrected chi connectivity index (χ2v) is 8.81. The van der Waals surface area contributed by atoms with E-state index in [1.54, 1.807) is 0 Å². The quantitative estimate of drug-likeness (QED) is 0.813. The van der Waals surface area contributed by atoms with Crippen molar-refractivity contribution in [3.63, 3.8) is 0 Å². The van der Waals surface area contributed by atoms with Gasteiger partial charge in [-0.2, -0.15) is 0 Å². The smallest absolute Gasteiger partial charge is 0.230 e. The Morgan fingerprint density at radius 3 is 2.69 bits per heavy atom. The summed E-state index contributed by atoms with van der Waals surface area (Å²) in [6.45, 7) is 4.84. The highest BCUT2D eigenvalue weighted by molar-refractivity contribution is 5.84. The Labute approximate surface area is 157 Å². The standard InChI is InChI=1S/C21H32N4O/c1-23(2)19-8-7-18(13-22-19)14-24-12-10-21(16-24)9-4-11-25(20(21)26)15-17-5-3-6-17/h7-8,13,17H,3-6,9-12,14-16H2,1-2H3. The molecule has 1 unspecified atom stereocenters. The number of hydrogen-bond acceptors (Lipinski definition) is 4. The summed E-state index contributed by atoms with van der Waals surface area (Å²) in [5.74, 6) is 2.20. The van der Waals surface area contributed by atoms with Gasteiger partial charge in [-0.3, -0.25) is 9.69 Å². The fourth-order valence-electron chi connectivity index (χ4n) is 4.82. The lowest BCUT2D eigenvalue weighted by Gasteiger charge is -2.42. The first kappa shape index (κ1) is 17.8. The van der Waals surface area contributed by atoms with Gasteiger partial charge in [0.25, 0.3) is 0 Å². The van der Waals surface area contributed by atoms with E-state index in [1.807, 2.05) is 25.2 Å². The minimum atomic E-state index is -0.112. The maximum Gasteiger partial charge on any atom is 0.230 e. The van der Waals surface area contributed by atoms with Gasteiger partial charge in [0, 0.05) is 46.5 Å². The number of rotatable bonds is 5. The Kier molecular flexibility index (Phi) is 4.91. The van der Waals surface area contributed by atoms with E-state index in [9.17, 15) is 4.79 Å². The summed E-state index contributed by atoms with van der Waals surface area (Å²) in [5.41, 5.74) is 1.13. The summed E-state index contributed by atoms with van der Waals surface area (Å²) >= 11 is 0. The molecule has 26 heavy (non-hydrogen) atoms. The van der Waals surface area contributed by atoms with E-state index in [1.165, 1.54) is 31.2 Å². The molecule has 0 aromatic carbocycles.